The Kier molecular flexibility index (Phi) is 7.56. The number of hydrogen-bond acceptors (Lipinski definition) is 6. The number of nitro benzene ring substituents is 1. The van der Waals surface area contributed by atoms with E-state index in [4.69, 9.17) is 4.74 Å². The molecule has 27 heavy (non-hydrogen) atoms. The van der Waals surface area contributed by atoms with Crippen LogP contribution in [0.5, 0.6) is 0 Å². The topological polar surface area (TPSA) is 111 Å². The zero-order valence-electron chi connectivity index (χ0n) is 14.9. The quantitative estimate of drug-likeness (QED) is 0.401. The highest BCUT2D eigenvalue weighted by Gasteiger charge is 2.33. The molecular formula is C16H20F3N3O5. The molecule has 0 aromatic heterocycles. The lowest BCUT2D eigenvalue weighted by Gasteiger charge is -2.15. The minimum atomic E-state index is -4.74. The first-order chi connectivity index (χ1) is 12.4. The van der Waals surface area contributed by atoms with Crippen LogP contribution in [0, 0.1) is 16.0 Å². The van der Waals surface area contributed by atoms with Gasteiger partial charge in [0.15, 0.2) is 6.10 Å². The molecule has 0 unspecified atom stereocenters. The van der Waals surface area contributed by atoms with Gasteiger partial charge < -0.3 is 15.4 Å². The molecule has 0 heterocycles. The summed E-state index contributed by atoms with van der Waals surface area (Å²) in [6, 6.07) is 1.88. The number of ether oxygens (including phenoxy) is 1. The maximum atomic E-state index is 12.7. The van der Waals surface area contributed by atoms with Crippen molar-refractivity contribution < 1.29 is 32.4 Å². The molecule has 150 valence electrons. The van der Waals surface area contributed by atoms with Crippen LogP contribution in [0.4, 0.5) is 24.5 Å². The van der Waals surface area contributed by atoms with Gasteiger partial charge in [0.2, 0.25) is 0 Å². The van der Waals surface area contributed by atoms with Gasteiger partial charge in [-0.1, -0.05) is 13.8 Å². The van der Waals surface area contributed by atoms with Crippen LogP contribution < -0.4 is 10.6 Å². The van der Waals surface area contributed by atoms with Crippen molar-refractivity contribution in [2.24, 2.45) is 5.92 Å². The van der Waals surface area contributed by atoms with E-state index in [2.05, 4.69) is 10.6 Å². The van der Waals surface area contributed by atoms with Gasteiger partial charge in [-0.15, -0.1) is 0 Å². The van der Waals surface area contributed by atoms with Crippen LogP contribution in [-0.4, -0.2) is 36.0 Å². The lowest BCUT2D eigenvalue weighted by molar-refractivity contribution is -0.384. The van der Waals surface area contributed by atoms with Gasteiger partial charge in [0.1, 0.15) is 12.2 Å². The Bertz CT molecular complexity index is 707. The van der Waals surface area contributed by atoms with E-state index in [9.17, 15) is 32.9 Å². The number of halogens is 3. The molecule has 1 aromatic rings. The van der Waals surface area contributed by atoms with Crippen LogP contribution in [0.3, 0.4) is 0 Å². The van der Waals surface area contributed by atoms with E-state index in [1.54, 1.807) is 0 Å². The molecule has 0 fully saturated rings. The molecule has 1 aromatic carbocycles. The maximum Gasteiger partial charge on any atom is 0.416 e. The third kappa shape index (κ3) is 7.12. The first kappa shape index (κ1) is 22.2. The Morgan fingerprint density at radius 2 is 1.89 bits per heavy atom. The molecule has 0 saturated heterocycles. The van der Waals surface area contributed by atoms with Gasteiger partial charge in [0.25, 0.3) is 11.6 Å². The number of benzene rings is 1. The summed E-state index contributed by atoms with van der Waals surface area (Å²) in [4.78, 5) is 33.5. The second-order valence-electron chi connectivity index (χ2n) is 6.11. The van der Waals surface area contributed by atoms with Crippen LogP contribution in [0.2, 0.25) is 0 Å². The van der Waals surface area contributed by atoms with Gasteiger partial charge in [0, 0.05) is 12.6 Å². The van der Waals surface area contributed by atoms with Crippen molar-refractivity contribution in [2.75, 3.05) is 18.4 Å². The van der Waals surface area contributed by atoms with Gasteiger partial charge in [-0.2, -0.15) is 13.2 Å². The fourth-order valence-corrected chi connectivity index (χ4v) is 1.92. The largest absolute Gasteiger partial charge is 0.451 e. The Morgan fingerprint density at radius 1 is 1.26 bits per heavy atom. The standard InChI is InChI=1S/C16H20F3N3O5/c1-9(2)7-21-15(24)10(3)27-14(23)8-20-12-5-4-11(16(17,18)19)6-13(12)22(25)26/h4-6,9-10,20H,7-8H2,1-3H3,(H,21,24)/t10-/m1/s1. The number of hydrogen-bond donors (Lipinski definition) is 2. The average Bonchev–Trinajstić information content (AvgIpc) is 2.56. The summed E-state index contributed by atoms with van der Waals surface area (Å²) in [6.07, 6.45) is -5.82. The number of anilines is 1. The number of rotatable bonds is 8. The normalized spacial score (nSPS) is 12.4. The predicted molar refractivity (Wildman–Crippen MR) is 90.0 cm³/mol. The van der Waals surface area contributed by atoms with Crippen molar-refractivity contribution >= 4 is 23.3 Å². The van der Waals surface area contributed by atoms with Crippen molar-refractivity contribution in [3.63, 3.8) is 0 Å². The van der Waals surface area contributed by atoms with Crippen molar-refractivity contribution in [3.8, 4) is 0 Å². The Hall–Kier alpha value is -2.85. The molecule has 11 heteroatoms. The highest BCUT2D eigenvalue weighted by molar-refractivity contribution is 5.84. The summed E-state index contributed by atoms with van der Waals surface area (Å²) >= 11 is 0. The van der Waals surface area contributed by atoms with E-state index < -0.39 is 46.9 Å². The van der Waals surface area contributed by atoms with Crippen molar-refractivity contribution in [3.05, 3.63) is 33.9 Å². The molecule has 0 radical (unpaired) electrons. The van der Waals surface area contributed by atoms with Crippen LogP contribution >= 0.6 is 0 Å². The van der Waals surface area contributed by atoms with Crippen molar-refractivity contribution in [1.29, 1.82) is 0 Å². The van der Waals surface area contributed by atoms with Gasteiger partial charge in [-0.3, -0.25) is 19.7 Å². The third-order valence-corrected chi connectivity index (χ3v) is 3.31. The fourth-order valence-electron chi connectivity index (χ4n) is 1.92. The molecule has 8 nitrogen and oxygen atoms in total. The highest BCUT2D eigenvalue weighted by Crippen LogP contribution is 2.34. The molecule has 0 aliphatic rings. The number of nitrogens with one attached hydrogen (secondary N) is 2. The van der Waals surface area contributed by atoms with E-state index in [0.29, 0.717) is 18.7 Å². The molecule has 2 N–H and O–H groups in total. The van der Waals surface area contributed by atoms with Crippen molar-refractivity contribution in [1.82, 2.24) is 5.32 Å². The minimum Gasteiger partial charge on any atom is -0.451 e. The zero-order chi connectivity index (χ0) is 20.8. The maximum absolute atomic E-state index is 12.7. The van der Waals surface area contributed by atoms with Crippen LogP contribution in [-0.2, 0) is 20.5 Å². The predicted octanol–water partition coefficient (Wildman–Crippen LogP) is 2.73. The number of amides is 1. The lowest BCUT2D eigenvalue weighted by Crippen LogP contribution is -2.38. The monoisotopic (exact) mass is 391 g/mol. The molecule has 0 aliphatic carbocycles. The first-order valence-corrected chi connectivity index (χ1v) is 7.98. The number of nitro groups is 1. The van der Waals surface area contributed by atoms with Crippen LogP contribution in [0.15, 0.2) is 18.2 Å². The fraction of sp³-hybridized carbons (Fsp3) is 0.500. The number of alkyl halides is 3. The van der Waals surface area contributed by atoms with Crippen LogP contribution in [0.1, 0.15) is 26.3 Å². The number of esters is 1. The lowest BCUT2D eigenvalue weighted by atomic mass is 10.1. The summed E-state index contributed by atoms with van der Waals surface area (Å²) in [6.45, 7) is 4.97. The number of nitrogens with zero attached hydrogens (tertiary/aromatic N) is 1. The van der Waals surface area contributed by atoms with E-state index in [0.717, 1.165) is 6.07 Å². The van der Waals surface area contributed by atoms with E-state index in [1.807, 2.05) is 13.8 Å². The summed E-state index contributed by atoms with van der Waals surface area (Å²) in [5, 5.41) is 15.9. The van der Waals surface area contributed by atoms with Gasteiger partial charge >= 0.3 is 12.1 Å². The van der Waals surface area contributed by atoms with Gasteiger partial charge in [0.05, 0.1) is 10.5 Å². The Labute approximate surface area is 153 Å². The molecule has 1 atom stereocenters. The SMILES string of the molecule is CC(C)CNC(=O)[C@@H](C)OC(=O)CNc1ccc(C(F)(F)F)cc1[N+](=O)[O-]. The summed E-state index contributed by atoms with van der Waals surface area (Å²) in [5.74, 6) is -1.19. The van der Waals surface area contributed by atoms with Gasteiger partial charge in [-0.05, 0) is 25.0 Å². The second-order valence-corrected chi connectivity index (χ2v) is 6.11. The molecule has 1 rings (SSSR count). The molecule has 0 bridgehead atoms. The Balaban J connectivity index is 2.70. The number of carbonyl (C=O) groups is 2. The zero-order valence-corrected chi connectivity index (χ0v) is 14.9. The van der Waals surface area contributed by atoms with E-state index >= 15 is 0 Å². The first-order valence-electron chi connectivity index (χ1n) is 7.98. The smallest absolute Gasteiger partial charge is 0.416 e. The molecule has 0 spiro atoms. The van der Waals surface area contributed by atoms with Gasteiger partial charge in [-0.25, -0.2) is 0 Å². The summed E-state index contributed by atoms with van der Waals surface area (Å²) < 4.78 is 42.8. The van der Waals surface area contributed by atoms with E-state index in [-0.39, 0.29) is 11.6 Å². The average molecular weight is 391 g/mol. The van der Waals surface area contributed by atoms with Crippen molar-refractivity contribution in [2.45, 2.75) is 33.1 Å². The molecule has 0 aliphatic heterocycles. The minimum absolute atomic E-state index is 0.207. The third-order valence-electron chi connectivity index (χ3n) is 3.31. The second kappa shape index (κ2) is 9.19. The summed E-state index contributed by atoms with van der Waals surface area (Å²) in [5.41, 5.74) is -2.29. The highest BCUT2D eigenvalue weighted by atomic mass is 19.4. The Morgan fingerprint density at radius 3 is 2.41 bits per heavy atom. The van der Waals surface area contributed by atoms with Crippen LogP contribution in [0.25, 0.3) is 0 Å². The summed E-state index contributed by atoms with van der Waals surface area (Å²) in [7, 11) is 0. The van der Waals surface area contributed by atoms with E-state index in [1.165, 1.54) is 6.92 Å². The molecular weight excluding hydrogens is 371 g/mol. The number of carbonyl (C=O) groups excluding carboxylic acids is 2. The molecule has 1 amide bonds. The molecule has 0 saturated carbocycles.